The topological polar surface area (TPSA) is 75.7 Å². The molecule has 1 rings (SSSR count). The first-order chi connectivity index (χ1) is 7.26. The number of rotatable bonds is 6. The van der Waals surface area contributed by atoms with Crippen LogP contribution in [-0.2, 0) is 0 Å². The van der Waals surface area contributed by atoms with Gasteiger partial charge in [-0.15, -0.1) is 0 Å². The van der Waals surface area contributed by atoms with E-state index in [0.717, 1.165) is 0 Å². The first-order valence-corrected chi connectivity index (χ1v) is 4.99. The molecule has 4 heteroatoms. The maximum absolute atomic E-state index is 9.06. The van der Waals surface area contributed by atoms with Crippen LogP contribution in [0.1, 0.15) is 6.42 Å². The Balaban J connectivity index is 2.38. The molecule has 0 amide bonds. The van der Waals surface area contributed by atoms with Gasteiger partial charge in [-0.2, -0.15) is 0 Å². The molecule has 0 aliphatic heterocycles. The molecule has 1 aromatic rings. The van der Waals surface area contributed by atoms with Crippen molar-refractivity contribution in [1.29, 1.82) is 0 Å². The Kier molecular flexibility index (Phi) is 4.93. The summed E-state index contributed by atoms with van der Waals surface area (Å²) in [5.41, 5.74) is 5.52. The van der Waals surface area contributed by atoms with E-state index in [1.165, 1.54) is 0 Å². The van der Waals surface area contributed by atoms with Gasteiger partial charge in [-0.3, -0.25) is 0 Å². The minimum atomic E-state index is 0.126. The quantitative estimate of drug-likeness (QED) is 0.648. The lowest BCUT2D eigenvalue weighted by molar-refractivity contribution is 0.201. The maximum atomic E-state index is 9.06. The summed E-state index contributed by atoms with van der Waals surface area (Å²) >= 11 is 0. The van der Waals surface area contributed by atoms with Gasteiger partial charge in [-0.05, 0) is 37.2 Å². The standard InChI is InChI=1S/C11H17NO3/c12-7-9(5-6-13)8-15-11-3-1-10(14)2-4-11/h1-4,9,13-14H,5-8,12H2. The van der Waals surface area contributed by atoms with Crippen LogP contribution >= 0.6 is 0 Å². The van der Waals surface area contributed by atoms with Crippen LogP contribution in [-0.4, -0.2) is 30.0 Å². The Morgan fingerprint density at radius 3 is 2.47 bits per heavy atom. The van der Waals surface area contributed by atoms with Gasteiger partial charge in [0, 0.05) is 12.5 Å². The smallest absolute Gasteiger partial charge is 0.119 e. The maximum Gasteiger partial charge on any atom is 0.119 e. The number of aromatic hydroxyl groups is 1. The number of hydrogen-bond donors (Lipinski definition) is 3. The second-order valence-electron chi connectivity index (χ2n) is 3.42. The lowest BCUT2D eigenvalue weighted by Gasteiger charge is -2.14. The Morgan fingerprint density at radius 1 is 1.27 bits per heavy atom. The highest BCUT2D eigenvalue weighted by molar-refractivity contribution is 5.30. The molecule has 0 spiro atoms. The van der Waals surface area contributed by atoms with Crippen molar-refractivity contribution < 1.29 is 14.9 Å². The molecule has 0 bridgehead atoms. The van der Waals surface area contributed by atoms with Gasteiger partial charge < -0.3 is 20.7 Å². The van der Waals surface area contributed by atoms with Crippen molar-refractivity contribution in [3.05, 3.63) is 24.3 Å². The highest BCUT2D eigenvalue weighted by Gasteiger charge is 2.06. The van der Waals surface area contributed by atoms with Gasteiger partial charge in [0.1, 0.15) is 11.5 Å². The fourth-order valence-electron chi connectivity index (χ4n) is 1.21. The summed E-state index contributed by atoms with van der Waals surface area (Å²) in [6.45, 7) is 1.11. The molecule has 4 nitrogen and oxygen atoms in total. The van der Waals surface area contributed by atoms with E-state index in [9.17, 15) is 0 Å². The van der Waals surface area contributed by atoms with Crippen LogP contribution in [0.5, 0.6) is 11.5 Å². The van der Waals surface area contributed by atoms with Crippen LogP contribution in [0.15, 0.2) is 24.3 Å². The lowest BCUT2D eigenvalue weighted by atomic mass is 10.1. The van der Waals surface area contributed by atoms with E-state index < -0.39 is 0 Å². The second kappa shape index (κ2) is 6.27. The van der Waals surface area contributed by atoms with Crippen molar-refractivity contribution in [1.82, 2.24) is 0 Å². The van der Waals surface area contributed by atoms with Gasteiger partial charge in [0.05, 0.1) is 6.61 Å². The number of hydrogen-bond acceptors (Lipinski definition) is 4. The fraction of sp³-hybridized carbons (Fsp3) is 0.455. The molecule has 0 aliphatic rings. The highest BCUT2D eigenvalue weighted by atomic mass is 16.5. The molecule has 84 valence electrons. The summed E-state index contributed by atoms with van der Waals surface area (Å²) < 4.78 is 5.46. The van der Waals surface area contributed by atoms with Crippen LogP contribution in [0, 0.1) is 5.92 Å². The van der Waals surface area contributed by atoms with Crippen LogP contribution in [0.25, 0.3) is 0 Å². The molecule has 0 aromatic heterocycles. The first-order valence-electron chi connectivity index (χ1n) is 4.99. The summed E-state index contributed by atoms with van der Waals surface area (Å²) in [4.78, 5) is 0. The largest absolute Gasteiger partial charge is 0.508 e. The molecular weight excluding hydrogens is 194 g/mol. The minimum absolute atomic E-state index is 0.126. The third-order valence-corrected chi connectivity index (χ3v) is 2.19. The number of phenols is 1. The molecule has 0 saturated carbocycles. The molecule has 15 heavy (non-hydrogen) atoms. The predicted molar refractivity (Wildman–Crippen MR) is 57.8 cm³/mol. The molecule has 0 fully saturated rings. The van der Waals surface area contributed by atoms with Crippen molar-refractivity contribution in [2.45, 2.75) is 6.42 Å². The van der Waals surface area contributed by atoms with Crippen molar-refractivity contribution in [2.75, 3.05) is 19.8 Å². The minimum Gasteiger partial charge on any atom is -0.508 e. The van der Waals surface area contributed by atoms with Crippen LogP contribution in [0.3, 0.4) is 0 Å². The van der Waals surface area contributed by atoms with E-state index >= 15 is 0 Å². The summed E-state index contributed by atoms with van der Waals surface area (Å²) in [5, 5.41) is 17.8. The SMILES string of the molecule is NCC(CCO)COc1ccc(O)cc1. The molecule has 1 atom stereocenters. The molecule has 0 aliphatic carbocycles. The van der Waals surface area contributed by atoms with E-state index in [1.807, 2.05) is 0 Å². The molecule has 0 heterocycles. The molecule has 4 N–H and O–H groups in total. The monoisotopic (exact) mass is 211 g/mol. The third-order valence-electron chi connectivity index (χ3n) is 2.19. The number of phenolic OH excluding ortho intramolecular Hbond substituents is 1. The zero-order valence-electron chi connectivity index (χ0n) is 8.60. The van der Waals surface area contributed by atoms with Gasteiger partial charge in [0.15, 0.2) is 0 Å². The van der Waals surface area contributed by atoms with Gasteiger partial charge in [0.25, 0.3) is 0 Å². The number of aliphatic hydroxyl groups excluding tert-OH is 1. The van der Waals surface area contributed by atoms with Crippen molar-refractivity contribution in [3.8, 4) is 11.5 Å². The number of ether oxygens (including phenoxy) is 1. The zero-order chi connectivity index (χ0) is 11.1. The highest BCUT2D eigenvalue weighted by Crippen LogP contribution is 2.16. The molecule has 1 aromatic carbocycles. The average Bonchev–Trinajstić information content (AvgIpc) is 2.26. The fourth-order valence-corrected chi connectivity index (χ4v) is 1.21. The van der Waals surface area contributed by atoms with Crippen molar-refractivity contribution in [2.24, 2.45) is 11.7 Å². The Bertz CT molecular complexity index is 274. The summed E-state index contributed by atoms with van der Waals surface area (Å²) in [6.07, 6.45) is 0.647. The Hall–Kier alpha value is -1.26. The average molecular weight is 211 g/mol. The van der Waals surface area contributed by atoms with Gasteiger partial charge in [-0.25, -0.2) is 0 Å². The second-order valence-corrected chi connectivity index (χ2v) is 3.42. The summed E-state index contributed by atoms with van der Waals surface area (Å²) in [5.74, 6) is 1.08. The van der Waals surface area contributed by atoms with Crippen molar-refractivity contribution in [3.63, 3.8) is 0 Å². The van der Waals surface area contributed by atoms with Crippen LogP contribution in [0.2, 0.25) is 0 Å². The number of aliphatic hydroxyl groups is 1. The Labute approximate surface area is 89.3 Å². The molecule has 0 radical (unpaired) electrons. The number of nitrogens with two attached hydrogens (primary N) is 1. The van der Waals surface area contributed by atoms with E-state index in [-0.39, 0.29) is 18.3 Å². The van der Waals surface area contributed by atoms with Crippen LogP contribution < -0.4 is 10.5 Å². The molecule has 0 saturated heterocycles. The third kappa shape index (κ3) is 4.18. The van der Waals surface area contributed by atoms with Crippen molar-refractivity contribution >= 4 is 0 Å². The van der Waals surface area contributed by atoms with E-state index in [2.05, 4.69) is 0 Å². The zero-order valence-corrected chi connectivity index (χ0v) is 8.60. The summed E-state index contributed by atoms with van der Waals surface area (Å²) in [6, 6.07) is 6.53. The number of benzene rings is 1. The molecular formula is C11H17NO3. The lowest BCUT2D eigenvalue weighted by Crippen LogP contribution is -2.22. The Morgan fingerprint density at radius 2 is 1.93 bits per heavy atom. The van der Waals surface area contributed by atoms with Crippen LogP contribution in [0.4, 0.5) is 0 Å². The van der Waals surface area contributed by atoms with Gasteiger partial charge >= 0.3 is 0 Å². The van der Waals surface area contributed by atoms with E-state index in [4.69, 9.17) is 20.7 Å². The van der Waals surface area contributed by atoms with E-state index in [1.54, 1.807) is 24.3 Å². The predicted octanol–water partition coefficient (Wildman–Crippen LogP) is 0.728. The van der Waals surface area contributed by atoms with E-state index in [0.29, 0.717) is 25.3 Å². The molecule has 1 unspecified atom stereocenters. The summed E-state index contributed by atoms with van der Waals surface area (Å²) in [7, 11) is 0. The van der Waals surface area contributed by atoms with Gasteiger partial charge in [0.2, 0.25) is 0 Å². The first kappa shape index (κ1) is 11.8. The normalized spacial score (nSPS) is 12.4. The van der Waals surface area contributed by atoms with Gasteiger partial charge in [-0.1, -0.05) is 0 Å².